The van der Waals surface area contributed by atoms with Crippen molar-refractivity contribution in [2.75, 3.05) is 0 Å². The van der Waals surface area contributed by atoms with E-state index in [1.807, 2.05) is 6.07 Å². The van der Waals surface area contributed by atoms with Crippen LogP contribution in [0.2, 0.25) is 0 Å². The number of carboxylic acid groups (broad SMARTS) is 1. The van der Waals surface area contributed by atoms with Gasteiger partial charge in [-0.3, -0.25) is 4.79 Å². The predicted molar refractivity (Wildman–Crippen MR) is 56.5 cm³/mol. The van der Waals surface area contributed by atoms with Crippen molar-refractivity contribution in [1.29, 1.82) is 0 Å². The number of rotatable bonds is 2. The van der Waals surface area contributed by atoms with Crippen LogP contribution in [0.3, 0.4) is 0 Å². The van der Waals surface area contributed by atoms with Crippen LogP contribution in [-0.4, -0.2) is 11.8 Å². The van der Waals surface area contributed by atoms with Crippen LogP contribution < -0.4 is 5.11 Å². The van der Waals surface area contributed by atoms with Gasteiger partial charge in [0.1, 0.15) is 5.78 Å². The third-order valence-corrected chi connectivity index (χ3v) is 3.64. The summed E-state index contributed by atoms with van der Waals surface area (Å²) < 4.78 is 0. The van der Waals surface area contributed by atoms with Crippen LogP contribution in [0.4, 0.5) is 0 Å². The summed E-state index contributed by atoms with van der Waals surface area (Å²) in [5.74, 6) is -1.63. The molecule has 3 heteroatoms. The van der Waals surface area contributed by atoms with Crippen LogP contribution in [0.25, 0.3) is 0 Å². The molecule has 1 saturated carbocycles. The highest BCUT2D eigenvalue weighted by atomic mass is 16.4. The van der Waals surface area contributed by atoms with Crippen LogP contribution in [-0.2, 0) is 15.0 Å². The molecule has 16 heavy (non-hydrogen) atoms. The summed E-state index contributed by atoms with van der Waals surface area (Å²) in [4.78, 5) is 23.0. The largest absolute Gasteiger partial charge is 0.549 e. The summed E-state index contributed by atoms with van der Waals surface area (Å²) in [6.45, 7) is 1.68. The van der Waals surface area contributed by atoms with Crippen molar-refractivity contribution in [2.45, 2.75) is 25.2 Å². The molecule has 0 saturated heterocycles. The third kappa shape index (κ3) is 1.35. The Kier molecular flexibility index (Phi) is 2.54. The SMILES string of the molecule is C[C@H]1C(=O)CC[C@]1(C(=O)[O-])c1ccccc1. The monoisotopic (exact) mass is 217 g/mol. The molecule has 0 spiro atoms. The Morgan fingerprint density at radius 1 is 1.38 bits per heavy atom. The molecule has 0 aliphatic heterocycles. The molecule has 0 unspecified atom stereocenters. The van der Waals surface area contributed by atoms with Gasteiger partial charge in [0.2, 0.25) is 0 Å². The van der Waals surface area contributed by atoms with E-state index in [1.54, 1.807) is 31.2 Å². The summed E-state index contributed by atoms with van der Waals surface area (Å²) in [6.07, 6.45) is 0.670. The van der Waals surface area contributed by atoms with E-state index in [9.17, 15) is 14.7 Å². The third-order valence-electron chi connectivity index (χ3n) is 3.64. The van der Waals surface area contributed by atoms with Crippen LogP contribution in [0, 0.1) is 5.92 Å². The van der Waals surface area contributed by atoms with Crippen LogP contribution in [0.15, 0.2) is 30.3 Å². The number of carbonyl (C=O) groups excluding carboxylic acids is 2. The molecule has 0 bridgehead atoms. The Bertz CT molecular complexity index is 424. The Hall–Kier alpha value is -1.64. The maximum absolute atomic E-state index is 11.6. The number of carboxylic acids is 1. The molecule has 2 atom stereocenters. The van der Waals surface area contributed by atoms with Gasteiger partial charge in [-0.25, -0.2) is 0 Å². The highest BCUT2D eigenvalue weighted by molar-refractivity contribution is 5.95. The Morgan fingerprint density at radius 3 is 2.44 bits per heavy atom. The molecule has 1 aromatic carbocycles. The van der Waals surface area contributed by atoms with Gasteiger partial charge in [-0.2, -0.15) is 0 Å². The maximum atomic E-state index is 11.6. The van der Waals surface area contributed by atoms with Crippen LogP contribution >= 0.6 is 0 Å². The average molecular weight is 217 g/mol. The van der Waals surface area contributed by atoms with Gasteiger partial charge in [0.15, 0.2) is 0 Å². The summed E-state index contributed by atoms with van der Waals surface area (Å²) >= 11 is 0. The molecule has 1 aliphatic rings. The molecule has 0 heterocycles. The topological polar surface area (TPSA) is 57.2 Å². The molecule has 0 radical (unpaired) electrons. The van der Waals surface area contributed by atoms with Crippen LogP contribution in [0.1, 0.15) is 25.3 Å². The number of benzene rings is 1. The number of hydrogen-bond donors (Lipinski definition) is 0. The summed E-state index contributed by atoms with van der Waals surface area (Å²) in [6, 6.07) is 8.91. The second-order valence-corrected chi connectivity index (χ2v) is 4.31. The second kappa shape index (κ2) is 3.74. The highest BCUT2D eigenvalue weighted by Crippen LogP contribution is 2.43. The minimum absolute atomic E-state index is 0.00746. The summed E-state index contributed by atoms with van der Waals surface area (Å²) in [5, 5.41) is 11.4. The van der Waals surface area contributed by atoms with E-state index in [4.69, 9.17) is 0 Å². The molecule has 3 nitrogen and oxygen atoms in total. The molecule has 0 N–H and O–H groups in total. The van der Waals surface area contributed by atoms with Gasteiger partial charge in [0, 0.05) is 17.8 Å². The molecule has 0 amide bonds. The van der Waals surface area contributed by atoms with E-state index in [0.29, 0.717) is 18.4 Å². The van der Waals surface area contributed by atoms with Crippen molar-refractivity contribution >= 4 is 11.8 Å². The first kappa shape index (κ1) is 10.9. The number of Topliss-reactive ketones (excluding diaryl/α,β-unsaturated/α-hetero) is 1. The standard InChI is InChI=1S/C13H14O3/c1-9-11(14)7-8-13(9,12(15)16)10-5-3-2-4-6-10/h2-6,9H,7-8H2,1H3,(H,15,16)/p-1/t9-,13+/m0/s1. The lowest BCUT2D eigenvalue weighted by Crippen LogP contribution is -2.48. The molecular weight excluding hydrogens is 204 g/mol. The molecule has 84 valence electrons. The molecule has 0 aromatic heterocycles. The highest BCUT2D eigenvalue weighted by Gasteiger charge is 2.47. The van der Waals surface area contributed by atoms with Gasteiger partial charge in [-0.15, -0.1) is 0 Å². The fraction of sp³-hybridized carbons (Fsp3) is 0.385. The lowest BCUT2D eigenvalue weighted by molar-refractivity contribution is -0.315. The maximum Gasteiger partial charge on any atom is 0.137 e. The van der Waals surface area contributed by atoms with Crippen molar-refractivity contribution in [3.63, 3.8) is 0 Å². The minimum Gasteiger partial charge on any atom is -0.549 e. The lowest BCUT2D eigenvalue weighted by Gasteiger charge is -2.34. The number of ketones is 1. The van der Waals surface area contributed by atoms with E-state index in [-0.39, 0.29) is 5.78 Å². The van der Waals surface area contributed by atoms with Gasteiger partial charge < -0.3 is 9.90 Å². The second-order valence-electron chi connectivity index (χ2n) is 4.31. The Morgan fingerprint density at radius 2 is 2.00 bits per heavy atom. The first-order chi connectivity index (χ1) is 7.59. The fourth-order valence-electron chi connectivity index (χ4n) is 2.55. The van der Waals surface area contributed by atoms with Crippen LogP contribution in [0.5, 0.6) is 0 Å². The minimum atomic E-state index is -1.14. The van der Waals surface area contributed by atoms with E-state index >= 15 is 0 Å². The van der Waals surface area contributed by atoms with Gasteiger partial charge in [-0.05, 0) is 12.0 Å². The van der Waals surface area contributed by atoms with Gasteiger partial charge in [0.25, 0.3) is 0 Å². The van der Waals surface area contributed by atoms with E-state index in [1.165, 1.54) is 0 Å². The smallest absolute Gasteiger partial charge is 0.137 e. The number of carbonyl (C=O) groups is 2. The first-order valence-corrected chi connectivity index (χ1v) is 5.38. The zero-order valence-corrected chi connectivity index (χ0v) is 9.10. The lowest BCUT2D eigenvalue weighted by atomic mass is 9.73. The predicted octanol–water partition coefficient (Wildman–Crippen LogP) is 0.673. The van der Waals surface area contributed by atoms with Crippen molar-refractivity contribution in [2.24, 2.45) is 5.92 Å². The van der Waals surface area contributed by atoms with Crippen molar-refractivity contribution < 1.29 is 14.7 Å². The quantitative estimate of drug-likeness (QED) is 0.731. The molecule has 1 aromatic rings. The van der Waals surface area contributed by atoms with Gasteiger partial charge >= 0.3 is 0 Å². The van der Waals surface area contributed by atoms with Crippen molar-refractivity contribution in [1.82, 2.24) is 0 Å². The van der Waals surface area contributed by atoms with E-state index < -0.39 is 17.3 Å². The van der Waals surface area contributed by atoms with Gasteiger partial charge in [-0.1, -0.05) is 37.3 Å². The molecule has 1 aliphatic carbocycles. The van der Waals surface area contributed by atoms with Gasteiger partial charge in [0.05, 0.1) is 5.97 Å². The fourth-order valence-corrected chi connectivity index (χ4v) is 2.55. The zero-order valence-electron chi connectivity index (χ0n) is 9.10. The Labute approximate surface area is 94.1 Å². The number of hydrogen-bond acceptors (Lipinski definition) is 3. The summed E-state index contributed by atoms with van der Waals surface area (Å²) in [7, 11) is 0. The summed E-state index contributed by atoms with van der Waals surface area (Å²) in [5.41, 5.74) is -0.452. The average Bonchev–Trinajstić information content (AvgIpc) is 2.59. The molecular formula is C13H13O3-. The zero-order chi connectivity index (χ0) is 11.8. The first-order valence-electron chi connectivity index (χ1n) is 5.38. The van der Waals surface area contributed by atoms with Crippen molar-refractivity contribution in [3.05, 3.63) is 35.9 Å². The van der Waals surface area contributed by atoms with Crippen molar-refractivity contribution in [3.8, 4) is 0 Å². The van der Waals surface area contributed by atoms with E-state index in [0.717, 1.165) is 0 Å². The molecule has 2 rings (SSSR count). The molecule has 1 fully saturated rings. The van der Waals surface area contributed by atoms with E-state index in [2.05, 4.69) is 0 Å². The number of aliphatic carboxylic acids is 1. The normalized spacial score (nSPS) is 29.3. The Balaban J connectivity index is 2.54.